The van der Waals surface area contributed by atoms with Crippen LogP contribution in [0.5, 0.6) is 5.75 Å². The molecule has 1 aliphatic heterocycles. The lowest BCUT2D eigenvalue weighted by Gasteiger charge is -2.22. The molecule has 0 aromatic heterocycles. The van der Waals surface area contributed by atoms with E-state index in [2.05, 4.69) is 15.9 Å². The Labute approximate surface area is 136 Å². The molecule has 1 amide bonds. The van der Waals surface area contributed by atoms with E-state index >= 15 is 0 Å². The fraction of sp³-hybridized carbons (Fsp3) is 0.235. The van der Waals surface area contributed by atoms with Gasteiger partial charge >= 0.3 is 0 Å². The number of hydrogen-bond donors (Lipinski definition) is 0. The van der Waals surface area contributed by atoms with E-state index in [1.54, 1.807) is 11.0 Å². The lowest BCUT2D eigenvalue weighted by atomic mass is 10.1. The van der Waals surface area contributed by atoms with Gasteiger partial charge < -0.3 is 9.64 Å². The fourth-order valence-electron chi connectivity index (χ4n) is 2.75. The van der Waals surface area contributed by atoms with Crippen molar-refractivity contribution in [3.05, 3.63) is 58.3 Å². The summed E-state index contributed by atoms with van der Waals surface area (Å²) in [7, 11) is 0. The smallest absolute Gasteiger partial charge is 0.265 e. The van der Waals surface area contributed by atoms with Crippen LogP contribution in [0.25, 0.3) is 0 Å². The molecule has 0 radical (unpaired) electrons. The highest BCUT2D eigenvalue weighted by molar-refractivity contribution is 9.10. The van der Waals surface area contributed by atoms with Crippen LogP contribution in [0.15, 0.2) is 46.9 Å². The van der Waals surface area contributed by atoms with Crippen LogP contribution in [0.2, 0.25) is 0 Å². The van der Waals surface area contributed by atoms with E-state index in [0.717, 1.165) is 17.7 Å². The van der Waals surface area contributed by atoms with Crippen LogP contribution in [0.1, 0.15) is 12.5 Å². The number of anilines is 1. The highest BCUT2D eigenvalue weighted by Gasteiger charge is 2.30. The molecule has 5 heteroatoms. The number of carbonyl (C=O) groups excluding carboxylic acids is 1. The van der Waals surface area contributed by atoms with E-state index in [-0.39, 0.29) is 24.3 Å². The Hall–Kier alpha value is -1.88. The Balaban J connectivity index is 1.72. The van der Waals surface area contributed by atoms with Crippen LogP contribution in [0.3, 0.4) is 0 Å². The number of ether oxygens (including phenoxy) is 1. The quantitative estimate of drug-likeness (QED) is 0.826. The third kappa shape index (κ3) is 2.86. The molecular weight excluding hydrogens is 349 g/mol. The standard InChI is InChI=1S/C17H15BrFNO2/c1-11-8-12-4-2-3-5-15(12)20(11)17(21)10-22-16-7-6-13(18)9-14(16)19/h2-7,9,11H,8,10H2,1H3. The molecule has 0 saturated carbocycles. The summed E-state index contributed by atoms with van der Waals surface area (Å²) in [5.74, 6) is -0.575. The average Bonchev–Trinajstić information content (AvgIpc) is 2.82. The second kappa shape index (κ2) is 6.08. The first kappa shape index (κ1) is 15.0. The van der Waals surface area contributed by atoms with Crippen LogP contribution < -0.4 is 9.64 Å². The van der Waals surface area contributed by atoms with Crippen molar-refractivity contribution in [2.24, 2.45) is 0 Å². The topological polar surface area (TPSA) is 29.5 Å². The zero-order valence-corrected chi connectivity index (χ0v) is 13.6. The van der Waals surface area contributed by atoms with Crippen molar-refractivity contribution >= 4 is 27.5 Å². The lowest BCUT2D eigenvalue weighted by Crippen LogP contribution is -2.39. The van der Waals surface area contributed by atoms with Gasteiger partial charge in [0.15, 0.2) is 18.2 Å². The lowest BCUT2D eigenvalue weighted by molar-refractivity contribution is -0.120. The van der Waals surface area contributed by atoms with Gasteiger partial charge in [0.25, 0.3) is 5.91 Å². The molecule has 1 atom stereocenters. The zero-order chi connectivity index (χ0) is 15.7. The fourth-order valence-corrected chi connectivity index (χ4v) is 3.08. The minimum atomic E-state index is -0.489. The first-order valence-corrected chi connectivity index (χ1v) is 7.83. The van der Waals surface area contributed by atoms with Crippen molar-refractivity contribution in [3.63, 3.8) is 0 Å². The monoisotopic (exact) mass is 363 g/mol. The largest absolute Gasteiger partial charge is 0.481 e. The molecule has 1 heterocycles. The number of nitrogens with zero attached hydrogens (tertiary/aromatic N) is 1. The average molecular weight is 364 g/mol. The maximum atomic E-state index is 13.7. The Morgan fingerprint density at radius 2 is 2.14 bits per heavy atom. The van der Waals surface area contributed by atoms with Gasteiger partial charge in [-0.2, -0.15) is 0 Å². The van der Waals surface area contributed by atoms with Gasteiger partial charge in [-0.3, -0.25) is 4.79 Å². The van der Waals surface area contributed by atoms with Gasteiger partial charge in [-0.15, -0.1) is 0 Å². The molecule has 2 aromatic rings. The predicted molar refractivity (Wildman–Crippen MR) is 86.7 cm³/mol. The number of hydrogen-bond acceptors (Lipinski definition) is 2. The normalized spacial score (nSPS) is 16.5. The van der Waals surface area contributed by atoms with Crippen molar-refractivity contribution < 1.29 is 13.9 Å². The van der Waals surface area contributed by atoms with Gasteiger partial charge in [-0.1, -0.05) is 34.1 Å². The summed E-state index contributed by atoms with van der Waals surface area (Å²) < 4.78 is 19.7. The molecular formula is C17H15BrFNO2. The van der Waals surface area contributed by atoms with Gasteiger partial charge in [0.05, 0.1) is 0 Å². The summed E-state index contributed by atoms with van der Waals surface area (Å²) in [5.41, 5.74) is 2.07. The minimum Gasteiger partial charge on any atom is -0.481 e. The molecule has 0 spiro atoms. The number of para-hydroxylation sites is 1. The Morgan fingerprint density at radius 3 is 2.91 bits per heavy atom. The summed E-state index contributed by atoms with van der Waals surface area (Å²) in [4.78, 5) is 14.2. The Bertz CT molecular complexity index is 720. The van der Waals surface area contributed by atoms with Gasteiger partial charge in [0, 0.05) is 16.2 Å². The third-order valence-electron chi connectivity index (χ3n) is 3.72. The highest BCUT2D eigenvalue weighted by Crippen LogP contribution is 2.32. The van der Waals surface area contributed by atoms with Crippen LogP contribution in [0.4, 0.5) is 10.1 Å². The first-order valence-electron chi connectivity index (χ1n) is 7.04. The maximum Gasteiger partial charge on any atom is 0.265 e. The number of fused-ring (bicyclic) bond motifs is 1. The first-order chi connectivity index (χ1) is 10.6. The van der Waals surface area contributed by atoms with Crippen molar-refractivity contribution in [2.75, 3.05) is 11.5 Å². The molecule has 0 N–H and O–H groups in total. The summed E-state index contributed by atoms with van der Waals surface area (Å²) in [5, 5.41) is 0. The molecule has 114 valence electrons. The Morgan fingerprint density at radius 1 is 1.36 bits per heavy atom. The predicted octanol–water partition coefficient (Wildman–Crippen LogP) is 3.94. The van der Waals surface area contributed by atoms with Crippen molar-refractivity contribution in [1.29, 1.82) is 0 Å². The summed E-state index contributed by atoms with van der Waals surface area (Å²) in [6.07, 6.45) is 0.828. The summed E-state index contributed by atoms with van der Waals surface area (Å²) in [6.45, 7) is 1.81. The van der Waals surface area contributed by atoms with E-state index in [4.69, 9.17) is 4.74 Å². The molecule has 3 nitrogen and oxygen atoms in total. The number of benzene rings is 2. The molecule has 2 aromatic carbocycles. The van der Waals surface area contributed by atoms with Crippen molar-refractivity contribution in [1.82, 2.24) is 0 Å². The van der Waals surface area contributed by atoms with Crippen LogP contribution in [-0.2, 0) is 11.2 Å². The second-order valence-corrected chi connectivity index (χ2v) is 6.22. The molecule has 1 aliphatic rings. The van der Waals surface area contributed by atoms with Gasteiger partial charge in [0.2, 0.25) is 0 Å². The Kier molecular flexibility index (Phi) is 4.16. The molecule has 0 aliphatic carbocycles. The van der Waals surface area contributed by atoms with Crippen LogP contribution in [-0.4, -0.2) is 18.6 Å². The zero-order valence-electron chi connectivity index (χ0n) is 12.1. The third-order valence-corrected chi connectivity index (χ3v) is 4.21. The van der Waals surface area contributed by atoms with E-state index in [0.29, 0.717) is 4.47 Å². The molecule has 0 saturated heterocycles. The summed E-state index contributed by atoms with van der Waals surface area (Å²) >= 11 is 3.19. The number of amides is 1. The van der Waals surface area contributed by atoms with E-state index in [1.165, 1.54) is 12.1 Å². The molecule has 22 heavy (non-hydrogen) atoms. The van der Waals surface area contributed by atoms with Gasteiger partial charge in [0.1, 0.15) is 0 Å². The second-order valence-electron chi connectivity index (χ2n) is 5.31. The number of halogens is 2. The number of carbonyl (C=O) groups is 1. The van der Waals surface area contributed by atoms with Gasteiger partial charge in [-0.25, -0.2) is 4.39 Å². The van der Waals surface area contributed by atoms with E-state index in [1.807, 2.05) is 31.2 Å². The summed E-state index contributed by atoms with van der Waals surface area (Å²) in [6, 6.07) is 12.4. The van der Waals surface area contributed by atoms with E-state index in [9.17, 15) is 9.18 Å². The van der Waals surface area contributed by atoms with Crippen LogP contribution >= 0.6 is 15.9 Å². The SMILES string of the molecule is CC1Cc2ccccc2N1C(=O)COc1ccc(Br)cc1F. The van der Waals surface area contributed by atoms with E-state index < -0.39 is 5.82 Å². The molecule has 3 rings (SSSR count). The van der Waals surface area contributed by atoms with Crippen molar-refractivity contribution in [3.8, 4) is 5.75 Å². The van der Waals surface area contributed by atoms with Gasteiger partial charge in [-0.05, 0) is 43.2 Å². The number of rotatable bonds is 3. The van der Waals surface area contributed by atoms with Crippen molar-refractivity contribution in [2.45, 2.75) is 19.4 Å². The molecule has 0 bridgehead atoms. The molecule has 0 fully saturated rings. The maximum absolute atomic E-state index is 13.7. The van der Waals surface area contributed by atoms with Crippen LogP contribution in [0, 0.1) is 5.82 Å². The highest BCUT2D eigenvalue weighted by atomic mass is 79.9. The minimum absolute atomic E-state index is 0.0803. The molecule has 1 unspecified atom stereocenters.